The van der Waals surface area contributed by atoms with Gasteiger partial charge in [0.05, 0.1) is 23.4 Å². The lowest BCUT2D eigenvalue weighted by Gasteiger charge is -2.22. The molecule has 23 heavy (non-hydrogen) atoms. The standard InChI is InChI=1S/C16H16FN5O/c1-9-14(19-8-18-9)16(23)22-6-2-3-13(22)15-20-11-5-4-10(17)7-12(11)21-15/h4-5,7-8,13H,2-3,6H2,1H3,(H,18,19)(H,20,21)/t13-/m0/s1. The number of imidazole rings is 2. The summed E-state index contributed by atoms with van der Waals surface area (Å²) in [6, 6.07) is 4.32. The van der Waals surface area contributed by atoms with Crippen LogP contribution in [0.5, 0.6) is 0 Å². The molecule has 6 nitrogen and oxygen atoms in total. The molecule has 7 heteroatoms. The maximum absolute atomic E-state index is 13.3. The highest BCUT2D eigenvalue weighted by Crippen LogP contribution is 2.32. The lowest BCUT2D eigenvalue weighted by Crippen LogP contribution is -2.31. The summed E-state index contributed by atoms with van der Waals surface area (Å²) in [7, 11) is 0. The molecule has 0 bridgehead atoms. The predicted molar refractivity (Wildman–Crippen MR) is 82.4 cm³/mol. The number of hydrogen-bond donors (Lipinski definition) is 2. The van der Waals surface area contributed by atoms with E-state index in [0.29, 0.717) is 29.1 Å². The van der Waals surface area contributed by atoms with E-state index in [9.17, 15) is 9.18 Å². The summed E-state index contributed by atoms with van der Waals surface area (Å²) in [6.07, 6.45) is 3.26. The Labute approximate surface area is 131 Å². The molecule has 0 radical (unpaired) electrons. The number of halogens is 1. The second-order valence-corrected chi connectivity index (χ2v) is 5.82. The van der Waals surface area contributed by atoms with E-state index in [-0.39, 0.29) is 17.8 Å². The van der Waals surface area contributed by atoms with Crippen LogP contribution in [0.3, 0.4) is 0 Å². The van der Waals surface area contributed by atoms with Crippen LogP contribution >= 0.6 is 0 Å². The highest BCUT2D eigenvalue weighted by Gasteiger charge is 2.34. The molecule has 4 rings (SSSR count). The Morgan fingerprint density at radius 2 is 2.30 bits per heavy atom. The predicted octanol–water partition coefficient (Wildman–Crippen LogP) is 2.71. The molecule has 3 aromatic rings. The van der Waals surface area contributed by atoms with E-state index in [0.717, 1.165) is 18.5 Å². The topological polar surface area (TPSA) is 77.7 Å². The van der Waals surface area contributed by atoms with Crippen molar-refractivity contribution in [3.8, 4) is 0 Å². The summed E-state index contributed by atoms with van der Waals surface area (Å²) in [4.78, 5) is 29.2. The minimum absolute atomic E-state index is 0.0992. The second kappa shape index (κ2) is 5.19. The van der Waals surface area contributed by atoms with E-state index < -0.39 is 0 Å². The van der Waals surface area contributed by atoms with E-state index in [2.05, 4.69) is 19.9 Å². The van der Waals surface area contributed by atoms with Crippen LogP contribution in [0.25, 0.3) is 11.0 Å². The summed E-state index contributed by atoms with van der Waals surface area (Å²) in [5.74, 6) is 0.293. The number of benzene rings is 1. The average molecular weight is 313 g/mol. The van der Waals surface area contributed by atoms with Gasteiger partial charge in [0.15, 0.2) is 0 Å². The van der Waals surface area contributed by atoms with Gasteiger partial charge in [-0.25, -0.2) is 14.4 Å². The fourth-order valence-electron chi connectivity index (χ4n) is 3.16. The number of carbonyl (C=O) groups is 1. The summed E-state index contributed by atoms with van der Waals surface area (Å²) < 4.78 is 13.3. The molecular formula is C16H16FN5O. The molecule has 1 fully saturated rings. The van der Waals surface area contributed by atoms with Gasteiger partial charge in [-0.2, -0.15) is 0 Å². The first-order valence-corrected chi connectivity index (χ1v) is 7.59. The Morgan fingerprint density at radius 3 is 3.09 bits per heavy atom. The van der Waals surface area contributed by atoms with E-state index in [1.54, 1.807) is 11.0 Å². The molecule has 2 N–H and O–H groups in total. The van der Waals surface area contributed by atoms with E-state index >= 15 is 0 Å². The number of aromatic amines is 2. The summed E-state index contributed by atoms with van der Waals surface area (Å²) in [5, 5.41) is 0. The molecule has 1 aromatic carbocycles. The Bertz CT molecular complexity index is 884. The lowest BCUT2D eigenvalue weighted by molar-refractivity contribution is 0.0724. The monoisotopic (exact) mass is 313 g/mol. The third kappa shape index (κ3) is 2.28. The van der Waals surface area contributed by atoms with E-state index in [1.165, 1.54) is 18.5 Å². The number of fused-ring (bicyclic) bond motifs is 1. The number of carbonyl (C=O) groups excluding carboxylic acids is 1. The maximum atomic E-state index is 13.3. The maximum Gasteiger partial charge on any atom is 0.274 e. The number of rotatable bonds is 2. The molecular weight excluding hydrogens is 297 g/mol. The zero-order chi connectivity index (χ0) is 16.0. The van der Waals surface area contributed by atoms with Gasteiger partial charge in [-0.3, -0.25) is 4.79 Å². The number of aryl methyl sites for hydroxylation is 1. The molecule has 118 valence electrons. The van der Waals surface area contributed by atoms with Crippen molar-refractivity contribution in [1.82, 2.24) is 24.8 Å². The van der Waals surface area contributed by atoms with Crippen molar-refractivity contribution in [2.24, 2.45) is 0 Å². The molecule has 1 atom stereocenters. The average Bonchev–Trinajstić information content (AvgIpc) is 3.23. The van der Waals surface area contributed by atoms with Crippen LogP contribution in [0, 0.1) is 12.7 Å². The molecule has 1 amide bonds. The van der Waals surface area contributed by atoms with Crippen molar-refractivity contribution in [3.63, 3.8) is 0 Å². The van der Waals surface area contributed by atoms with Crippen LogP contribution in [0.15, 0.2) is 24.5 Å². The molecule has 0 unspecified atom stereocenters. The normalized spacial score (nSPS) is 18.0. The summed E-state index contributed by atoms with van der Waals surface area (Å²) in [6.45, 7) is 2.50. The van der Waals surface area contributed by atoms with Gasteiger partial charge < -0.3 is 14.9 Å². The molecule has 0 spiro atoms. The number of aromatic nitrogens is 4. The minimum Gasteiger partial charge on any atom is -0.348 e. The van der Waals surface area contributed by atoms with Crippen LogP contribution in [0.4, 0.5) is 4.39 Å². The first kappa shape index (κ1) is 13.9. The van der Waals surface area contributed by atoms with Gasteiger partial charge in [-0.1, -0.05) is 0 Å². The molecule has 0 aliphatic carbocycles. The molecule has 0 saturated carbocycles. The first-order valence-electron chi connectivity index (χ1n) is 7.59. The van der Waals surface area contributed by atoms with Crippen molar-refractivity contribution >= 4 is 16.9 Å². The highest BCUT2D eigenvalue weighted by molar-refractivity contribution is 5.93. The van der Waals surface area contributed by atoms with Gasteiger partial charge in [0.1, 0.15) is 17.3 Å². The number of likely N-dealkylation sites (tertiary alicyclic amines) is 1. The van der Waals surface area contributed by atoms with Crippen molar-refractivity contribution in [1.29, 1.82) is 0 Å². The number of nitrogens with one attached hydrogen (secondary N) is 2. The van der Waals surface area contributed by atoms with Crippen molar-refractivity contribution < 1.29 is 9.18 Å². The number of hydrogen-bond acceptors (Lipinski definition) is 3. The zero-order valence-electron chi connectivity index (χ0n) is 12.6. The van der Waals surface area contributed by atoms with Gasteiger partial charge in [-0.05, 0) is 38.0 Å². The second-order valence-electron chi connectivity index (χ2n) is 5.82. The Balaban J connectivity index is 1.69. The highest BCUT2D eigenvalue weighted by atomic mass is 19.1. The molecule has 3 heterocycles. The van der Waals surface area contributed by atoms with E-state index in [4.69, 9.17) is 0 Å². The Morgan fingerprint density at radius 1 is 1.43 bits per heavy atom. The third-order valence-electron chi connectivity index (χ3n) is 4.32. The molecule has 2 aromatic heterocycles. The number of H-pyrrole nitrogens is 2. The van der Waals surface area contributed by atoms with Crippen LogP contribution in [0.1, 0.15) is 40.9 Å². The quantitative estimate of drug-likeness (QED) is 0.763. The van der Waals surface area contributed by atoms with Crippen LogP contribution in [-0.4, -0.2) is 37.3 Å². The SMILES string of the molecule is Cc1[nH]cnc1C(=O)N1CCC[C@H]1c1nc2ccc(F)cc2[nH]1. The summed E-state index contributed by atoms with van der Waals surface area (Å²) in [5.41, 5.74) is 2.55. The summed E-state index contributed by atoms with van der Waals surface area (Å²) >= 11 is 0. The fourth-order valence-corrected chi connectivity index (χ4v) is 3.16. The van der Waals surface area contributed by atoms with E-state index in [1.807, 2.05) is 6.92 Å². The van der Waals surface area contributed by atoms with Gasteiger partial charge in [-0.15, -0.1) is 0 Å². The fraction of sp³-hybridized carbons (Fsp3) is 0.312. The Kier molecular flexibility index (Phi) is 3.14. The van der Waals surface area contributed by atoms with Crippen molar-refractivity contribution in [2.75, 3.05) is 6.54 Å². The first-order chi connectivity index (χ1) is 11.1. The molecule has 1 aliphatic heterocycles. The molecule has 1 aliphatic rings. The smallest absolute Gasteiger partial charge is 0.274 e. The number of nitrogens with zero attached hydrogens (tertiary/aromatic N) is 3. The lowest BCUT2D eigenvalue weighted by atomic mass is 10.2. The van der Waals surface area contributed by atoms with Crippen molar-refractivity contribution in [2.45, 2.75) is 25.8 Å². The largest absolute Gasteiger partial charge is 0.348 e. The Hall–Kier alpha value is -2.70. The zero-order valence-corrected chi connectivity index (χ0v) is 12.6. The van der Waals surface area contributed by atoms with Crippen LogP contribution in [0.2, 0.25) is 0 Å². The van der Waals surface area contributed by atoms with Gasteiger partial charge in [0.2, 0.25) is 0 Å². The van der Waals surface area contributed by atoms with Crippen LogP contribution < -0.4 is 0 Å². The van der Waals surface area contributed by atoms with Gasteiger partial charge in [0.25, 0.3) is 5.91 Å². The van der Waals surface area contributed by atoms with Gasteiger partial charge in [0, 0.05) is 12.2 Å². The van der Waals surface area contributed by atoms with Crippen molar-refractivity contribution in [3.05, 3.63) is 47.6 Å². The molecule has 1 saturated heterocycles. The van der Waals surface area contributed by atoms with Crippen LogP contribution in [-0.2, 0) is 0 Å². The minimum atomic E-state index is -0.306. The third-order valence-corrected chi connectivity index (χ3v) is 4.32. The number of amides is 1. The van der Waals surface area contributed by atoms with Gasteiger partial charge >= 0.3 is 0 Å².